The number of hydrogen-bond acceptors (Lipinski definition) is 5. The first kappa shape index (κ1) is 14.9. The van der Waals surface area contributed by atoms with Gasteiger partial charge in [0, 0.05) is 11.6 Å². The Morgan fingerprint density at radius 3 is 2.65 bits per heavy atom. The highest BCUT2D eigenvalue weighted by atomic mass is 35.5. The van der Waals surface area contributed by atoms with Gasteiger partial charge in [-0.2, -0.15) is 9.61 Å². The van der Waals surface area contributed by atoms with E-state index in [0.717, 1.165) is 16.6 Å². The van der Waals surface area contributed by atoms with E-state index >= 15 is 0 Å². The number of fused-ring (bicyclic) bond motifs is 2. The van der Waals surface area contributed by atoms with Gasteiger partial charge in [0.15, 0.2) is 23.0 Å². The molecule has 0 saturated heterocycles. The van der Waals surface area contributed by atoms with Gasteiger partial charge in [0.05, 0.1) is 21.7 Å². The Morgan fingerprint density at radius 2 is 1.81 bits per heavy atom. The van der Waals surface area contributed by atoms with Crippen LogP contribution in [0.3, 0.4) is 0 Å². The molecule has 0 aliphatic heterocycles. The van der Waals surface area contributed by atoms with Crippen LogP contribution in [0.2, 0.25) is 5.02 Å². The maximum Gasteiger partial charge on any atom is 0.180 e. The topological polar surface area (TPSA) is 97.8 Å². The molecule has 0 unspecified atom stereocenters. The van der Waals surface area contributed by atoms with E-state index in [2.05, 4.69) is 25.3 Å². The van der Waals surface area contributed by atoms with Gasteiger partial charge in [-0.15, -0.1) is 10.2 Å². The van der Waals surface area contributed by atoms with Gasteiger partial charge >= 0.3 is 0 Å². The van der Waals surface area contributed by atoms with Crippen molar-refractivity contribution in [1.82, 2.24) is 29.8 Å². The average molecular weight is 362 g/mol. The molecule has 0 fully saturated rings. The zero-order valence-electron chi connectivity index (χ0n) is 13.4. The smallest absolute Gasteiger partial charge is 0.180 e. The predicted octanol–water partition coefficient (Wildman–Crippen LogP) is 3.57. The lowest BCUT2D eigenvalue weighted by Gasteiger charge is -2.02. The maximum absolute atomic E-state index is 6.31. The first-order valence-electron chi connectivity index (χ1n) is 7.92. The minimum Gasteiger partial charge on any atom is -0.382 e. The largest absolute Gasteiger partial charge is 0.382 e. The molecular formula is C18H12ClN7. The summed E-state index contributed by atoms with van der Waals surface area (Å²) < 4.78 is 1.55. The van der Waals surface area contributed by atoms with Crippen molar-refractivity contribution in [2.75, 3.05) is 5.73 Å². The van der Waals surface area contributed by atoms with E-state index in [1.54, 1.807) is 10.6 Å². The van der Waals surface area contributed by atoms with Gasteiger partial charge in [-0.05, 0) is 18.2 Å². The lowest BCUT2D eigenvalue weighted by Crippen LogP contribution is -2.06. The lowest BCUT2D eigenvalue weighted by atomic mass is 10.1. The van der Waals surface area contributed by atoms with Gasteiger partial charge in [0.25, 0.3) is 0 Å². The van der Waals surface area contributed by atoms with Crippen LogP contribution in [-0.4, -0.2) is 29.8 Å². The molecule has 0 aliphatic rings. The minimum absolute atomic E-state index is 0.354. The molecule has 3 aromatic heterocycles. The Kier molecular flexibility index (Phi) is 3.16. The zero-order chi connectivity index (χ0) is 17.7. The molecule has 7 nitrogen and oxygen atoms in total. The number of imidazole rings is 1. The van der Waals surface area contributed by atoms with E-state index in [1.807, 2.05) is 48.5 Å². The quantitative estimate of drug-likeness (QED) is 0.501. The number of halogens is 1. The Morgan fingerprint density at radius 1 is 1.00 bits per heavy atom. The van der Waals surface area contributed by atoms with Gasteiger partial charge in [-0.3, -0.25) is 0 Å². The second kappa shape index (κ2) is 5.53. The fraction of sp³-hybridized carbons (Fsp3) is 0. The van der Waals surface area contributed by atoms with Gasteiger partial charge < -0.3 is 10.7 Å². The molecule has 0 saturated carbocycles. The van der Waals surface area contributed by atoms with E-state index in [0.29, 0.717) is 33.7 Å². The Bertz CT molecular complexity index is 1240. The predicted molar refractivity (Wildman–Crippen MR) is 101 cm³/mol. The van der Waals surface area contributed by atoms with Crippen LogP contribution in [0.1, 0.15) is 0 Å². The number of aromatic nitrogens is 6. The number of nitrogen functional groups attached to an aromatic ring is 1. The molecule has 26 heavy (non-hydrogen) atoms. The van der Waals surface area contributed by atoms with E-state index in [4.69, 9.17) is 17.3 Å². The number of aromatic amines is 1. The summed E-state index contributed by atoms with van der Waals surface area (Å²) in [5, 5.41) is 13.6. The van der Waals surface area contributed by atoms with Gasteiger partial charge in [-0.1, -0.05) is 41.9 Å². The summed E-state index contributed by atoms with van der Waals surface area (Å²) in [5.74, 6) is 0.903. The van der Waals surface area contributed by atoms with Crippen molar-refractivity contribution in [3.05, 3.63) is 59.6 Å². The first-order valence-corrected chi connectivity index (χ1v) is 8.30. The summed E-state index contributed by atoms with van der Waals surface area (Å²) in [6.45, 7) is 0. The summed E-state index contributed by atoms with van der Waals surface area (Å²) in [7, 11) is 0. The first-order chi connectivity index (χ1) is 12.7. The van der Waals surface area contributed by atoms with Crippen LogP contribution in [0.5, 0.6) is 0 Å². The second-order valence-electron chi connectivity index (χ2n) is 5.82. The average Bonchev–Trinajstić information content (AvgIpc) is 3.26. The Balaban J connectivity index is 1.69. The number of anilines is 1. The third kappa shape index (κ3) is 2.21. The van der Waals surface area contributed by atoms with E-state index < -0.39 is 0 Å². The SMILES string of the molecule is Nc1c(-c2nc3ccccc3[nH]2)nnc2cc(-c3ccccc3Cl)nn12. The molecule has 2 aromatic carbocycles. The Hall–Kier alpha value is -3.45. The van der Waals surface area contributed by atoms with Crippen LogP contribution in [-0.2, 0) is 0 Å². The number of benzene rings is 2. The third-order valence-electron chi connectivity index (χ3n) is 4.18. The summed E-state index contributed by atoms with van der Waals surface area (Å²) in [5.41, 5.74) is 10.5. The maximum atomic E-state index is 6.31. The van der Waals surface area contributed by atoms with Crippen molar-refractivity contribution < 1.29 is 0 Å². The summed E-state index contributed by atoms with van der Waals surface area (Å²) in [6.07, 6.45) is 0. The van der Waals surface area contributed by atoms with Crippen molar-refractivity contribution in [2.45, 2.75) is 0 Å². The van der Waals surface area contributed by atoms with Crippen molar-refractivity contribution in [3.63, 3.8) is 0 Å². The van der Waals surface area contributed by atoms with Crippen LogP contribution in [0.15, 0.2) is 54.6 Å². The highest BCUT2D eigenvalue weighted by Gasteiger charge is 2.17. The normalized spacial score (nSPS) is 11.4. The third-order valence-corrected chi connectivity index (χ3v) is 4.51. The highest BCUT2D eigenvalue weighted by molar-refractivity contribution is 6.33. The number of nitrogens with zero attached hydrogens (tertiary/aromatic N) is 5. The molecule has 3 heterocycles. The molecule has 8 heteroatoms. The second-order valence-corrected chi connectivity index (χ2v) is 6.22. The molecular weight excluding hydrogens is 350 g/mol. The van der Waals surface area contributed by atoms with Crippen LogP contribution in [0.4, 0.5) is 5.82 Å². The number of hydrogen-bond donors (Lipinski definition) is 2. The number of H-pyrrole nitrogens is 1. The Labute approximate surface area is 152 Å². The molecule has 0 amide bonds. The minimum atomic E-state index is 0.354. The van der Waals surface area contributed by atoms with Crippen LogP contribution in [0, 0.1) is 0 Å². The molecule has 126 valence electrons. The highest BCUT2D eigenvalue weighted by Crippen LogP contribution is 2.29. The van der Waals surface area contributed by atoms with E-state index in [1.165, 1.54) is 0 Å². The number of rotatable bonds is 2. The van der Waals surface area contributed by atoms with Crippen molar-refractivity contribution in [3.8, 4) is 22.8 Å². The van der Waals surface area contributed by atoms with Crippen LogP contribution < -0.4 is 5.73 Å². The molecule has 3 N–H and O–H groups in total. The summed E-state index contributed by atoms with van der Waals surface area (Å²) >= 11 is 6.27. The monoisotopic (exact) mass is 361 g/mol. The molecule has 0 aliphatic carbocycles. The molecule has 0 spiro atoms. The van der Waals surface area contributed by atoms with Crippen molar-refractivity contribution >= 4 is 34.1 Å². The lowest BCUT2D eigenvalue weighted by molar-refractivity contribution is 0.904. The van der Waals surface area contributed by atoms with Crippen LogP contribution in [0.25, 0.3) is 39.5 Å². The fourth-order valence-electron chi connectivity index (χ4n) is 2.91. The number of para-hydroxylation sites is 2. The molecule has 0 radical (unpaired) electrons. The standard InChI is InChI=1S/C18H12ClN7/c19-11-6-2-1-5-10(11)14-9-15-23-24-16(17(20)26(15)25-14)18-21-12-7-3-4-8-13(12)22-18/h1-9H,20H2,(H,21,22). The van der Waals surface area contributed by atoms with Crippen LogP contribution >= 0.6 is 11.6 Å². The summed E-state index contributed by atoms with van der Waals surface area (Å²) in [6, 6.07) is 17.0. The van der Waals surface area contributed by atoms with Crippen molar-refractivity contribution in [1.29, 1.82) is 0 Å². The van der Waals surface area contributed by atoms with Gasteiger partial charge in [0.2, 0.25) is 0 Å². The van der Waals surface area contributed by atoms with E-state index in [9.17, 15) is 0 Å². The van der Waals surface area contributed by atoms with Gasteiger partial charge in [0.1, 0.15) is 0 Å². The van der Waals surface area contributed by atoms with Crippen molar-refractivity contribution in [2.24, 2.45) is 0 Å². The number of nitrogens with two attached hydrogens (primary N) is 1. The van der Waals surface area contributed by atoms with E-state index in [-0.39, 0.29) is 0 Å². The molecule has 0 bridgehead atoms. The zero-order valence-corrected chi connectivity index (χ0v) is 14.1. The molecule has 5 rings (SSSR count). The fourth-order valence-corrected chi connectivity index (χ4v) is 3.14. The summed E-state index contributed by atoms with van der Waals surface area (Å²) in [4.78, 5) is 7.74. The van der Waals surface area contributed by atoms with Gasteiger partial charge in [-0.25, -0.2) is 4.98 Å². The molecule has 5 aromatic rings. The molecule has 0 atom stereocenters. The number of nitrogens with one attached hydrogen (secondary N) is 1.